The van der Waals surface area contributed by atoms with E-state index in [4.69, 9.17) is 0 Å². The lowest BCUT2D eigenvalue weighted by atomic mass is 10.2. The first-order valence-corrected chi connectivity index (χ1v) is 6.32. The molecule has 0 atom stereocenters. The Morgan fingerprint density at radius 3 is 2.53 bits per heavy atom. The lowest BCUT2D eigenvalue weighted by Crippen LogP contribution is -2.57. The number of Topliss-reactive ketones (excluding diaryl/α,β-unsaturated/α-hetero) is 1. The lowest BCUT2D eigenvalue weighted by Gasteiger charge is -2.40. The van der Waals surface area contributed by atoms with Gasteiger partial charge in [-0.3, -0.25) is 9.69 Å². The van der Waals surface area contributed by atoms with E-state index in [0.717, 1.165) is 6.54 Å². The molecule has 5 nitrogen and oxygen atoms in total. The summed E-state index contributed by atoms with van der Waals surface area (Å²) in [6.07, 6.45) is 0. The normalized spacial score (nSPS) is 16.8. The molecule has 1 saturated heterocycles. The van der Waals surface area contributed by atoms with Crippen LogP contribution in [0.5, 0.6) is 0 Å². The van der Waals surface area contributed by atoms with E-state index in [-0.39, 0.29) is 18.4 Å². The Hall–Kier alpha value is -1.88. The maximum atomic E-state index is 11.9. The van der Waals surface area contributed by atoms with Crippen LogP contribution in [0.3, 0.4) is 0 Å². The van der Waals surface area contributed by atoms with Crippen molar-refractivity contribution in [1.29, 1.82) is 0 Å². The van der Waals surface area contributed by atoms with Gasteiger partial charge < -0.3 is 9.80 Å². The molecule has 0 saturated carbocycles. The number of hydrogen-bond donors (Lipinski definition) is 0. The molecule has 0 aliphatic carbocycles. The van der Waals surface area contributed by atoms with Crippen molar-refractivity contribution in [1.82, 2.24) is 14.7 Å². The first-order chi connectivity index (χ1) is 9.06. The highest BCUT2D eigenvalue weighted by Gasteiger charge is 2.28. The quantitative estimate of drug-likeness (QED) is 0.822. The van der Waals surface area contributed by atoms with Gasteiger partial charge in [-0.1, -0.05) is 30.3 Å². The summed E-state index contributed by atoms with van der Waals surface area (Å²) in [4.78, 5) is 28.5. The van der Waals surface area contributed by atoms with Gasteiger partial charge in [0.15, 0.2) is 0 Å². The number of amides is 2. The van der Waals surface area contributed by atoms with Crippen molar-refractivity contribution in [2.24, 2.45) is 0 Å². The zero-order valence-corrected chi connectivity index (χ0v) is 11.4. The van der Waals surface area contributed by atoms with Crippen LogP contribution in [-0.4, -0.2) is 53.4 Å². The molecule has 0 spiro atoms. The smallest absolute Gasteiger partial charge is 0.315 e. The maximum absolute atomic E-state index is 11.9. The molecule has 0 bridgehead atoms. The predicted octanol–water partition coefficient (Wildman–Crippen LogP) is 1.36. The fourth-order valence-electron chi connectivity index (χ4n) is 2.28. The number of hydrogen-bond acceptors (Lipinski definition) is 3. The fourth-order valence-corrected chi connectivity index (χ4v) is 2.28. The highest BCUT2D eigenvalue weighted by Crippen LogP contribution is 2.12. The Morgan fingerprint density at radius 2 is 1.89 bits per heavy atom. The van der Waals surface area contributed by atoms with E-state index in [2.05, 4.69) is 17.0 Å². The standard InChI is InChI=1S/C14H19N3O2/c1-12(18)8-17-11-16(10-15(2)14(17)19)9-13-6-4-3-5-7-13/h3-7H,8-11H2,1-2H3. The monoisotopic (exact) mass is 261 g/mol. The second kappa shape index (κ2) is 5.84. The van der Waals surface area contributed by atoms with Gasteiger partial charge in [0.2, 0.25) is 0 Å². The van der Waals surface area contributed by atoms with Crippen LogP contribution < -0.4 is 0 Å². The number of carbonyl (C=O) groups is 2. The van der Waals surface area contributed by atoms with Gasteiger partial charge in [0.05, 0.1) is 19.9 Å². The second-order valence-electron chi connectivity index (χ2n) is 4.98. The molecule has 5 heteroatoms. The zero-order chi connectivity index (χ0) is 13.8. The van der Waals surface area contributed by atoms with E-state index in [0.29, 0.717) is 13.3 Å². The van der Waals surface area contributed by atoms with Gasteiger partial charge in [-0.15, -0.1) is 0 Å². The van der Waals surface area contributed by atoms with Gasteiger partial charge in [-0.25, -0.2) is 4.79 Å². The topological polar surface area (TPSA) is 43.9 Å². The van der Waals surface area contributed by atoms with Gasteiger partial charge in [0, 0.05) is 13.6 Å². The third kappa shape index (κ3) is 3.54. The van der Waals surface area contributed by atoms with Crippen LogP contribution in [0.25, 0.3) is 0 Å². The van der Waals surface area contributed by atoms with Crippen LogP contribution in [-0.2, 0) is 11.3 Å². The molecule has 0 unspecified atom stereocenters. The molecule has 1 aromatic carbocycles. The molecule has 0 radical (unpaired) electrons. The number of ketones is 1. The van der Waals surface area contributed by atoms with Crippen LogP contribution in [0, 0.1) is 0 Å². The molecular formula is C14H19N3O2. The summed E-state index contributed by atoms with van der Waals surface area (Å²) in [5.41, 5.74) is 1.20. The largest absolute Gasteiger partial charge is 0.322 e. The van der Waals surface area contributed by atoms with Crippen molar-refractivity contribution in [2.45, 2.75) is 13.5 Å². The molecule has 0 aromatic heterocycles. The van der Waals surface area contributed by atoms with Gasteiger partial charge in [-0.2, -0.15) is 0 Å². The minimum absolute atomic E-state index is 0.00307. The molecule has 0 N–H and O–H groups in total. The predicted molar refractivity (Wildman–Crippen MR) is 72.3 cm³/mol. The summed E-state index contributed by atoms with van der Waals surface area (Å²) in [5.74, 6) is 0.00307. The van der Waals surface area contributed by atoms with Crippen molar-refractivity contribution in [2.75, 3.05) is 26.9 Å². The minimum Gasteiger partial charge on any atom is -0.315 e. The average Bonchev–Trinajstić information content (AvgIpc) is 2.36. The van der Waals surface area contributed by atoms with E-state index in [1.807, 2.05) is 18.2 Å². The van der Waals surface area contributed by atoms with Gasteiger partial charge in [-0.05, 0) is 12.5 Å². The molecular weight excluding hydrogens is 242 g/mol. The first-order valence-electron chi connectivity index (χ1n) is 6.32. The number of benzene rings is 1. The Kier molecular flexibility index (Phi) is 4.16. The van der Waals surface area contributed by atoms with Crippen molar-refractivity contribution in [3.8, 4) is 0 Å². The summed E-state index contributed by atoms with van der Waals surface area (Å²) < 4.78 is 0. The maximum Gasteiger partial charge on any atom is 0.322 e. The van der Waals surface area contributed by atoms with Crippen LogP contribution in [0.2, 0.25) is 0 Å². The van der Waals surface area contributed by atoms with Crippen molar-refractivity contribution >= 4 is 11.8 Å². The van der Waals surface area contributed by atoms with Gasteiger partial charge in [0.25, 0.3) is 0 Å². The molecule has 2 amide bonds. The summed E-state index contributed by atoms with van der Waals surface area (Å²) in [6.45, 7) is 3.53. The lowest BCUT2D eigenvalue weighted by molar-refractivity contribution is -0.118. The molecule has 1 heterocycles. The van der Waals surface area contributed by atoms with E-state index in [9.17, 15) is 9.59 Å². The van der Waals surface area contributed by atoms with Crippen LogP contribution in [0.4, 0.5) is 4.79 Å². The molecule has 1 fully saturated rings. The van der Waals surface area contributed by atoms with Gasteiger partial charge >= 0.3 is 6.03 Å². The molecule has 1 aliphatic heterocycles. The number of carbonyl (C=O) groups excluding carboxylic acids is 2. The Bertz CT molecular complexity index is 461. The van der Waals surface area contributed by atoms with E-state index < -0.39 is 0 Å². The van der Waals surface area contributed by atoms with Crippen molar-refractivity contribution in [3.05, 3.63) is 35.9 Å². The average molecular weight is 261 g/mol. The Morgan fingerprint density at radius 1 is 1.21 bits per heavy atom. The summed E-state index contributed by atoms with van der Waals surface area (Å²) in [7, 11) is 1.76. The number of rotatable bonds is 4. The second-order valence-corrected chi connectivity index (χ2v) is 4.98. The van der Waals surface area contributed by atoms with Crippen molar-refractivity contribution < 1.29 is 9.59 Å². The molecule has 19 heavy (non-hydrogen) atoms. The van der Waals surface area contributed by atoms with Gasteiger partial charge in [0.1, 0.15) is 5.78 Å². The van der Waals surface area contributed by atoms with Crippen molar-refractivity contribution in [3.63, 3.8) is 0 Å². The highest BCUT2D eigenvalue weighted by molar-refractivity contribution is 5.84. The fraction of sp³-hybridized carbons (Fsp3) is 0.429. The number of urea groups is 1. The Balaban J connectivity index is 2.02. The minimum atomic E-state index is -0.0838. The molecule has 2 rings (SSSR count). The third-order valence-corrected chi connectivity index (χ3v) is 3.04. The van der Waals surface area contributed by atoms with Crippen LogP contribution in [0.1, 0.15) is 12.5 Å². The Labute approximate surface area is 113 Å². The van der Waals surface area contributed by atoms with Crippen LogP contribution in [0.15, 0.2) is 30.3 Å². The first kappa shape index (κ1) is 13.5. The third-order valence-electron chi connectivity index (χ3n) is 3.04. The van der Waals surface area contributed by atoms with Crippen LogP contribution >= 0.6 is 0 Å². The molecule has 1 aromatic rings. The summed E-state index contributed by atoms with van der Waals surface area (Å²) in [6, 6.07) is 10.0. The zero-order valence-electron chi connectivity index (χ0n) is 11.4. The highest BCUT2D eigenvalue weighted by atomic mass is 16.2. The molecule has 102 valence electrons. The van der Waals surface area contributed by atoms with E-state index >= 15 is 0 Å². The molecule has 1 aliphatic rings. The SMILES string of the molecule is CC(=O)CN1CN(Cc2ccccc2)CN(C)C1=O. The summed E-state index contributed by atoms with van der Waals surface area (Å²) in [5, 5.41) is 0. The number of nitrogens with zero attached hydrogens (tertiary/aromatic N) is 3. The van der Waals surface area contributed by atoms with E-state index in [1.165, 1.54) is 12.5 Å². The summed E-state index contributed by atoms with van der Waals surface area (Å²) >= 11 is 0. The van der Waals surface area contributed by atoms with E-state index in [1.54, 1.807) is 16.8 Å².